The summed E-state index contributed by atoms with van der Waals surface area (Å²) in [6.45, 7) is 6.71. The molecule has 1 aromatic rings. The van der Waals surface area contributed by atoms with Crippen LogP contribution in [0.4, 0.5) is 0 Å². The predicted octanol–water partition coefficient (Wildman–Crippen LogP) is 3.17. The molecular formula is C14H20ClNO2. The van der Waals surface area contributed by atoms with E-state index in [2.05, 4.69) is 26.1 Å². The van der Waals surface area contributed by atoms with Crippen molar-refractivity contribution in [3.63, 3.8) is 0 Å². The fourth-order valence-electron chi connectivity index (χ4n) is 1.70. The van der Waals surface area contributed by atoms with Gasteiger partial charge in [-0.05, 0) is 24.0 Å². The van der Waals surface area contributed by atoms with Crippen molar-refractivity contribution in [2.45, 2.75) is 32.6 Å². The van der Waals surface area contributed by atoms with Gasteiger partial charge in [0.05, 0.1) is 10.9 Å². The van der Waals surface area contributed by atoms with E-state index in [0.29, 0.717) is 6.54 Å². The smallest absolute Gasteiger partial charge is 0.255 e. The highest BCUT2D eigenvalue weighted by atomic mass is 35.5. The summed E-state index contributed by atoms with van der Waals surface area (Å²) in [7, 11) is 0. The lowest BCUT2D eigenvalue weighted by Crippen LogP contribution is -2.31. The molecule has 3 nitrogen and oxygen atoms in total. The van der Waals surface area contributed by atoms with Gasteiger partial charge < -0.3 is 10.4 Å². The molecule has 2 N–H and O–H groups in total. The van der Waals surface area contributed by atoms with E-state index in [1.54, 1.807) is 18.2 Å². The zero-order valence-electron chi connectivity index (χ0n) is 11.0. The molecular weight excluding hydrogens is 250 g/mol. The summed E-state index contributed by atoms with van der Waals surface area (Å²) in [6.07, 6.45) is 0.815. The molecule has 1 atom stereocenters. The maximum absolute atomic E-state index is 11.8. The Labute approximate surface area is 113 Å². The third kappa shape index (κ3) is 4.96. The maximum Gasteiger partial charge on any atom is 0.255 e. The van der Waals surface area contributed by atoms with E-state index < -0.39 is 0 Å². The summed E-state index contributed by atoms with van der Waals surface area (Å²) in [5, 5.41) is 12.2. The lowest BCUT2D eigenvalue weighted by Gasteiger charge is -2.22. The molecule has 1 unspecified atom stereocenters. The first-order valence-corrected chi connectivity index (χ1v) is 6.43. The molecule has 0 aliphatic heterocycles. The number of hydrogen-bond donors (Lipinski definition) is 2. The van der Waals surface area contributed by atoms with Gasteiger partial charge in [-0.15, -0.1) is 11.6 Å². The minimum atomic E-state index is -0.298. The number of rotatable bonds is 4. The lowest BCUT2D eigenvalue weighted by molar-refractivity contribution is 0.0949. The highest BCUT2D eigenvalue weighted by Crippen LogP contribution is 2.23. The topological polar surface area (TPSA) is 49.3 Å². The second-order valence-electron chi connectivity index (χ2n) is 5.59. The second kappa shape index (κ2) is 6.10. The van der Waals surface area contributed by atoms with Gasteiger partial charge in [-0.25, -0.2) is 0 Å². The number of amides is 1. The minimum Gasteiger partial charge on any atom is -0.507 e. The Kier molecular flexibility index (Phi) is 5.03. The van der Waals surface area contributed by atoms with Gasteiger partial charge in [0.25, 0.3) is 5.91 Å². The van der Waals surface area contributed by atoms with Crippen molar-refractivity contribution in [2.24, 2.45) is 5.41 Å². The molecule has 0 saturated carbocycles. The first kappa shape index (κ1) is 14.8. The normalized spacial score (nSPS) is 13.1. The van der Waals surface area contributed by atoms with E-state index in [9.17, 15) is 9.90 Å². The van der Waals surface area contributed by atoms with Gasteiger partial charge >= 0.3 is 0 Å². The fourth-order valence-corrected chi connectivity index (χ4v) is 2.24. The van der Waals surface area contributed by atoms with Crippen LogP contribution in [0, 0.1) is 5.41 Å². The third-order valence-electron chi connectivity index (χ3n) is 2.47. The Bertz CT molecular complexity index is 413. The van der Waals surface area contributed by atoms with Crippen molar-refractivity contribution in [3.8, 4) is 5.75 Å². The van der Waals surface area contributed by atoms with E-state index in [0.717, 1.165) is 6.42 Å². The molecule has 1 amide bonds. The molecule has 1 rings (SSSR count). The number of nitrogens with one attached hydrogen (secondary N) is 1. The maximum atomic E-state index is 11.8. The zero-order valence-corrected chi connectivity index (χ0v) is 11.8. The number of halogens is 1. The largest absolute Gasteiger partial charge is 0.507 e. The highest BCUT2D eigenvalue weighted by Gasteiger charge is 2.18. The SMILES string of the molecule is CC(C)(C)CC(Cl)CNC(=O)c1ccccc1O. The number of carbonyl (C=O) groups excluding carboxylic acids is 1. The van der Waals surface area contributed by atoms with E-state index in [1.807, 2.05) is 0 Å². The van der Waals surface area contributed by atoms with Crippen LogP contribution in [-0.4, -0.2) is 22.9 Å². The quantitative estimate of drug-likeness (QED) is 0.825. The number of phenolic OH excluding ortho intramolecular Hbond substituents is 1. The number of para-hydroxylation sites is 1. The van der Waals surface area contributed by atoms with Crippen LogP contribution in [0.3, 0.4) is 0 Å². The average molecular weight is 270 g/mol. The van der Waals surface area contributed by atoms with Crippen molar-refractivity contribution in [3.05, 3.63) is 29.8 Å². The van der Waals surface area contributed by atoms with Crippen LogP contribution in [0.2, 0.25) is 0 Å². The molecule has 0 bridgehead atoms. The summed E-state index contributed by atoms with van der Waals surface area (Å²) in [5.41, 5.74) is 0.406. The Morgan fingerprint density at radius 2 is 2.00 bits per heavy atom. The van der Waals surface area contributed by atoms with Gasteiger partial charge in [-0.2, -0.15) is 0 Å². The van der Waals surface area contributed by atoms with Crippen LogP contribution in [-0.2, 0) is 0 Å². The Hall–Kier alpha value is -1.22. The molecule has 0 aliphatic rings. The number of hydrogen-bond acceptors (Lipinski definition) is 2. The van der Waals surface area contributed by atoms with Crippen LogP contribution >= 0.6 is 11.6 Å². The van der Waals surface area contributed by atoms with E-state index in [-0.39, 0.29) is 28.0 Å². The number of alkyl halides is 1. The fraction of sp³-hybridized carbons (Fsp3) is 0.500. The molecule has 0 fully saturated rings. The second-order valence-corrected chi connectivity index (χ2v) is 6.21. The van der Waals surface area contributed by atoms with Crippen molar-refractivity contribution in [1.29, 1.82) is 0 Å². The first-order chi connectivity index (χ1) is 8.29. The molecule has 0 aromatic heterocycles. The first-order valence-electron chi connectivity index (χ1n) is 6.00. The molecule has 0 spiro atoms. The van der Waals surface area contributed by atoms with Gasteiger partial charge in [0.1, 0.15) is 5.75 Å². The van der Waals surface area contributed by atoms with E-state index >= 15 is 0 Å². The van der Waals surface area contributed by atoms with Gasteiger partial charge in [0.15, 0.2) is 0 Å². The standard InChI is InChI=1S/C14H20ClNO2/c1-14(2,3)8-10(15)9-16-13(18)11-6-4-5-7-12(11)17/h4-7,10,17H,8-9H2,1-3H3,(H,16,18). The third-order valence-corrected chi connectivity index (χ3v) is 2.78. The van der Waals surface area contributed by atoms with Crippen molar-refractivity contribution in [2.75, 3.05) is 6.54 Å². The van der Waals surface area contributed by atoms with Crippen LogP contribution in [0.1, 0.15) is 37.6 Å². The Morgan fingerprint density at radius 1 is 1.39 bits per heavy atom. The van der Waals surface area contributed by atoms with Gasteiger partial charge in [0, 0.05) is 6.54 Å². The number of benzene rings is 1. The molecule has 0 saturated heterocycles. The van der Waals surface area contributed by atoms with E-state index in [1.165, 1.54) is 6.07 Å². The predicted molar refractivity (Wildman–Crippen MR) is 74.2 cm³/mol. The monoisotopic (exact) mass is 269 g/mol. The summed E-state index contributed by atoms with van der Waals surface area (Å²) in [6, 6.07) is 6.46. The summed E-state index contributed by atoms with van der Waals surface area (Å²) < 4.78 is 0. The molecule has 18 heavy (non-hydrogen) atoms. The number of carbonyl (C=O) groups is 1. The van der Waals surface area contributed by atoms with Crippen molar-refractivity contribution < 1.29 is 9.90 Å². The summed E-state index contributed by atoms with van der Waals surface area (Å²) >= 11 is 6.16. The van der Waals surface area contributed by atoms with Gasteiger partial charge in [-0.1, -0.05) is 32.9 Å². The molecule has 4 heteroatoms. The van der Waals surface area contributed by atoms with Crippen LogP contribution in [0.5, 0.6) is 5.75 Å². The molecule has 1 aromatic carbocycles. The molecule has 100 valence electrons. The zero-order chi connectivity index (χ0) is 13.8. The minimum absolute atomic E-state index is 0.0167. The van der Waals surface area contributed by atoms with Gasteiger partial charge in [-0.3, -0.25) is 4.79 Å². The molecule has 0 aliphatic carbocycles. The van der Waals surface area contributed by atoms with Crippen LogP contribution < -0.4 is 5.32 Å². The summed E-state index contributed by atoms with van der Waals surface area (Å²) in [5.74, 6) is -0.315. The van der Waals surface area contributed by atoms with E-state index in [4.69, 9.17) is 11.6 Å². The van der Waals surface area contributed by atoms with Crippen LogP contribution in [0.15, 0.2) is 24.3 Å². The number of phenols is 1. The highest BCUT2D eigenvalue weighted by molar-refractivity contribution is 6.21. The van der Waals surface area contributed by atoms with Crippen molar-refractivity contribution in [1.82, 2.24) is 5.32 Å². The average Bonchev–Trinajstić information content (AvgIpc) is 2.24. The van der Waals surface area contributed by atoms with Gasteiger partial charge in [0.2, 0.25) is 0 Å². The molecule has 0 heterocycles. The lowest BCUT2D eigenvalue weighted by atomic mass is 9.90. The van der Waals surface area contributed by atoms with Crippen molar-refractivity contribution >= 4 is 17.5 Å². The Balaban J connectivity index is 2.50. The number of aromatic hydroxyl groups is 1. The van der Waals surface area contributed by atoms with Crippen LogP contribution in [0.25, 0.3) is 0 Å². The summed E-state index contributed by atoms with van der Waals surface area (Å²) in [4.78, 5) is 11.8. The molecule has 0 radical (unpaired) electrons. The Morgan fingerprint density at radius 3 is 2.56 bits per heavy atom.